The topological polar surface area (TPSA) is 75.6 Å². The molecule has 2 aromatic rings. The van der Waals surface area contributed by atoms with Crippen LogP contribution in [0.25, 0.3) is 0 Å². The van der Waals surface area contributed by atoms with Gasteiger partial charge in [0.05, 0.1) is 11.3 Å². The van der Waals surface area contributed by atoms with E-state index >= 15 is 0 Å². The van der Waals surface area contributed by atoms with Crippen LogP contribution in [-0.2, 0) is 16.8 Å². The second-order valence-electron chi connectivity index (χ2n) is 6.50. The third-order valence-electron chi connectivity index (χ3n) is 3.57. The van der Waals surface area contributed by atoms with E-state index in [1.54, 1.807) is 18.2 Å². The van der Waals surface area contributed by atoms with Crippen LogP contribution in [0.1, 0.15) is 42.3 Å². The van der Waals surface area contributed by atoms with E-state index in [0.717, 1.165) is 11.1 Å². The summed E-state index contributed by atoms with van der Waals surface area (Å²) in [6.45, 7) is 6.11. The van der Waals surface area contributed by atoms with Crippen LogP contribution in [-0.4, -0.2) is 17.2 Å². The predicted molar refractivity (Wildman–Crippen MR) is 92.4 cm³/mol. The number of carboxylic acid groups (broad SMARTS) is 1. The monoisotopic (exact) mass is 327 g/mol. The molecule has 0 aliphatic heterocycles. The summed E-state index contributed by atoms with van der Waals surface area (Å²) in [6, 6.07) is 14.2. The second kappa shape index (κ2) is 7.17. The summed E-state index contributed by atoms with van der Waals surface area (Å²) in [5, 5.41) is 11.9. The zero-order valence-corrected chi connectivity index (χ0v) is 14.0. The maximum Gasteiger partial charge on any atom is 0.411 e. The highest BCUT2D eigenvalue weighted by Crippen LogP contribution is 2.27. The van der Waals surface area contributed by atoms with Crippen LogP contribution >= 0.6 is 0 Å². The molecule has 126 valence electrons. The molecule has 0 spiro atoms. The van der Waals surface area contributed by atoms with Gasteiger partial charge in [0, 0.05) is 0 Å². The van der Waals surface area contributed by atoms with E-state index in [2.05, 4.69) is 5.32 Å². The van der Waals surface area contributed by atoms with Crippen molar-refractivity contribution in [1.82, 2.24) is 0 Å². The molecule has 0 aliphatic rings. The van der Waals surface area contributed by atoms with Gasteiger partial charge in [0.15, 0.2) is 0 Å². The number of benzene rings is 2. The Morgan fingerprint density at radius 3 is 2.33 bits per heavy atom. The predicted octanol–water partition coefficient (Wildman–Crippen LogP) is 4.43. The lowest BCUT2D eigenvalue weighted by Crippen LogP contribution is -2.18. The highest BCUT2D eigenvalue weighted by molar-refractivity contribution is 5.99. The number of carbonyl (C=O) groups is 2. The number of hydrogen-bond acceptors (Lipinski definition) is 3. The summed E-state index contributed by atoms with van der Waals surface area (Å²) in [7, 11) is 0. The van der Waals surface area contributed by atoms with Gasteiger partial charge < -0.3 is 9.84 Å². The summed E-state index contributed by atoms with van der Waals surface area (Å²) >= 11 is 0. The largest absolute Gasteiger partial charge is 0.478 e. The fourth-order valence-corrected chi connectivity index (χ4v) is 2.17. The molecule has 1 amide bonds. The Labute approximate surface area is 141 Å². The van der Waals surface area contributed by atoms with Crippen LogP contribution in [0.5, 0.6) is 0 Å². The number of carbonyl (C=O) groups excluding carboxylic acids is 1. The molecule has 0 saturated carbocycles. The smallest absolute Gasteiger partial charge is 0.411 e. The number of amides is 1. The Bertz CT molecular complexity index is 733. The van der Waals surface area contributed by atoms with Gasteiger partial charge in [0.25, 0.3) is 0 Å². The molecule has 2 N–H and O–H groups in total. The second-order valence-corrected chi connectivity index (χ2v) is 6.50. The van der Waals surface area contributed by atoms with Crippen LogP contribution in [0.2, 0.25) is 0 Å². The van der Waals surface area contributed by atoms with Crippen molar-refractivity contribution in [3.8, 4) is 0 Å². The first-order chi connectivity index (χ1) is 11.3. The zero-order chi connectivity index (χ0) is 17.7. The lowest BCUT2D eigenvalue weighted by Gasteiger charge is -2.20. The molecule has 2 rings (SSSR count). The van der Waals surface area contributed by atoms with Gasteiger partial charge in [-0.15, -0.1) is 0 Å². The maximum atomic E-state index is 11.9. The van der Waals surface area contributed by atoms with Gasteiger partial charge >= 0.3 is 12.1 Å². The average molecular weight is 327 g/mol. The van der Waals surface area contributed by atoms with Crippen molar-refractivity contribution in [3.05, 3.63) is 65.2 Å². The molecule has 0 fully saturated rings. The quantitative estimate of drug-likeness (QED) is 0.871. The lowest BCUT2D eigenvalue weighted by atomic mass is 9.86. The molecule has 0 unspecified atom stereocenters. The summed E-state index contributed by atoms with van der Waals surface area (Å²) in [5.41, 5.74) is 1.81. The van der Waals surface area contributed by atoms with Gasteiger partial charge in [-0.05, 0) is 28.7 Å². The van der Waals surface area contributed by atoms with Crippen molar-refractivity contribution in [1.29, 1.82) is 0 Å². The summed E-state index contributed by atoms with van der Waals surface area (Å²) < 4.78 is 5.12. The molecule has 24 heavy (non-hydrogen) atoms. The van der Waals surface area contributed by atoms with E-state index in [1.807, 2.05) is 51.1 Å². The van der Waals surface area contributed by atoms with Crippen LogP contribution in [0, 0.1) is 0 Å². The van der Waals surface area contributed by atoms with Gasteiger partial charge in [0.2, 0.25) is 0 Å². The SMILES string of the molecule is CC(C)(C)c1ccc(NC(=O)OCc2ccccc2)c(C(=O)O)c1. The third-order valence-corrected chi connectivity index (χ3v) is 3.57. The molecule has 0 heterocycles. The fraction of sp³-hybridized carbons (Fsp3) is 0.263. The van der Waals surface area contributed by atoms with Gasteiger partial charge in [-0.2, -0.15) is 0 Å². The molecule has 5 heteroatoms. The molecule has 0 aliphatic carbocycles. The van der Waals surface area contributed by atoms with Crippen LogP contribution < -0.4 is 5.32 Å². The number of hydrogen-bond donors (Lipinski definition) is 2. The highest BCUT2D eigenvalue weighted by atomic mass is 16.5. The maximum absolute atomic E-state index is 11.9. The van der Waals surface area contributed by atoms with E-state index < -0.39 is 12.1 Å². The standard InChI is InChI=1S/C19H21NO4/c1-19(2,3)14-9-10-16(15(11-14)17(21)22)20-18(23)24-12-13-7-5-4-6-8-13/h4-11H,12H2,1-3H3,(H,20,23)(H,21,22). The normalized spacial score (nSPS) is 11.0. The molecule has 0 radical (unpaired) electrons. The Hall–Kier alpha value is -2.82. The Morgan fingerprint density at radius 2 is 1.75 bits per heavy atom. The van der Waals surface area contributed by atoms with E-state index in [1.165, 1.54) is 0 Å². The number of ether oxygens (including phenoxy) is 1. The number of rotatable bonds is 4. The Morgan fingerprint density at radius 1 is 1.08 bits per heavy atom. The van der Waals surface area contributed by atoms with Gasteiger partial charge in [-0.25, -0.2) is 9.59 Å². The molecular weight excluding hydrogens is 306 g/mol. The first-order valence-corrected chi connectivity index (χ1v) is 7.63. The number of carboxylic acids is 1. The van der Waals surface area contributed by atoms with E-state index in [0.29, 0.717) is 0 Å². The van der Waals surface area contributed by atoms with Crippen molar-refractivity contribution in [2.75, 3.05) is 5.32 Å². The van der Waals surface area contributed by atoms with Crippen molar-refractivity contribution in [2.45, 2.75) is 32.8 Å². The first-order valence-electron chi connectivity index (χ1n) is 7.63. The van der Waals surface area contributed by atoms with Crippen molar-refractivity contribution < 1.29 is 19.4 Å². The number of aromatic carboxylic acids is 1. The van der Waals surface area contributed by atoms with Crippen LogP contribution in [0.4, 0.5) is 10.5 Å². The summed E-state index contributed by atoms with van der Waals surface area (Å²) in [4.78, 5) is 23.4. The van der Waals surface area contributed by atoms with Crippen molar-refractivity contribution in [3.63, 3.8) is 0 Å². The Kier molecular flexibility index (Phi) is 5.24. The van der Waals surface area contributed by atoms with Crippen molar-refractivity contribution in [2.24, 2.45) is 0 Å². The summed E-state index contributed by atoms with van der Waals surface area (Å²) in [6.07, 6.45) is -0.690. The minimum Gasteiger partial charge on any atom is -0.478 e. The molecule has 0 bridgehead atoms. The highest BCUT2D eigenvalue weighted by Gasteiger charge is 2.19. The fourth-order valence-electron chi connectivity index (χ4n) is 2.17. The third kappa shape index (κ3) is 4.59. The molecule has 5 nitrogen and oxygen atoms in total. The Balaban J connectivity index is 2.11. The van der Waals surface area contributed by atoms with E-state index in [-0.39, 0.29) is 23.3 Å². The number of nitrogens with one attached hydrogen (secondary N) is 1. The van der Waals surface area contributed by atoms with Gasteiger partial charge in [-0.3, -0.25) is 5.32 Å². The van der Waals surface area contributed by atoms with Gasteiger partial charge in [0.1, 0.15) is 6.61 Å². The lowest BCUT2D eigenvalue weighted by molar-refractivity contribution is 0.0698. The van der Waals surface area contributed by atoms with Crippen LogP contribution in [0.3, 0.4) is 0 Å². The average Bonchev–Trinajstić information content (AvgIpc) is 2.53. The van der Waals surface area contributed by atoms with Crippen molar-refractivity contribution >= 4 is 17.7 Å². The van der Waals surface area contributed by atoms with E-state index in [4.69, 9.17) is 4.74 Å². The number of anilines is 1. The van der Waals surface area contributed by atoms with Gasteiger partial charge in [-0.1, -0.05) is 57.2 Å². The molecule has 0 saturated heterocycles. The minimum absolute atomic E-state index is 0.0408. The molecule has 0 aromatic heterocycles. The van der Waals surface area contributed by atoms with E-state index in [9.17, 15) is 14.7 Å². The first kappa shape index (κ1) is 17.5. The molecule has 2 aromatic carbocycles. The molecular formula is C19H21NO4. The van der Waals surface area contributed by atoms with Crippen LogP contribution in [0.15, 0.2) is 48.5 Å². The zero-order valence-electron chi connectivity index (χ0n) is 14.0. The molecule has 0 atom stereocenters. The summed E-state index contributed by atoms with van der Waals surface area (Å²) in [5.74, 6) is -1.10. The minimum atomic E-state index is -1.10.